The quantitative estimate of drug-likeness (QED) is 0.853. The van der Waals surface area contributed by atoms with Crippen LogP contribution >= 0.6 is 15.9 Å². The van der Waals surface area contributed by atoms with Crippen LogP contribution in [0.15, 0.2) is 22.7 Å². The highest BCUT2D eigenvalue weighted by atomic mass is 79.9. The van der Waals surface area contributed by atoms with Crippen LogP contribution in [0.1, 0.15) is 43.5 Å². The van der Waals surface area contributed by atoms with Crippen molar-refractivity contribution in [3.8, 4) is 0 Å². The Balaban J connectivity index is 2.31. The summed E-state index contributed by atoms with van der Waals surface area (Å²) in [5.41, 5.74) is 1.24. The summed E-state index contributed by atoms with van der Waals surface area (Å²) in [4.78, 5) is 13.7. The molecule has 4 heteroatoms. The van der Waals surface area contributed by atoms with E-state index in [4.69, 9.17) is 0 Å². The molecule has 0 unspecified atom stereocenters. The molecule has 3 nitrogen and oxygen atoms in total. The molecule has 0 amide bonds. The molecule has 1 aromatic rings. The number of anilines is 1. The molecule has 104 valence electrons. The maximum Gasteiger partial charge on any atom is 0.338 e. The van der Waals surface area contributed by atoms with E-state index in [9.17, 15) is 9.90 Å². The Morgan fingerprint density at radius 3 is 2.68 bits per heavy atom. The number of aromatic carboxylic acids is 1. The standard InChI is InChI=1S/C15H20BrNO2/c1-10(2)8-9-17(11-6-7-11)13-5-3-4-12(16)14(13)15(18)19/h3-5,10-11H,6-9H2,1-2H3,(H,18,19). The van der Waals surface area contributed by atoms with Crippen LogP contribution in [-0.4, -0.2) is 23.7 Å². The van der Waals surface area contributed by atoms with E-state index < -0.39 is 5.97 Å². The summed E-state index contributed by atoms with van der Waals surface area (Å²) in [7, 11) is 0. The zero-order valence-electron chi connectivity index (χ0n) is 11.4. The predicted octanol–water partition coefficient (Wildman–Crippen LogP) is 4.16. The highest BCUT2D eigenvalue weighted by Gasteiger charge is 2.31. The van der Waals surface area contributed by atoms with E-state index >= 15 is 0 Å². The van der Waals surface area contributed by atoms with Crippen LogP contribution < -0.4 is 4.90 Å². The van der Waals surface area contributed by atoms with Crippen molar-refractivity contribution in [2.45, 2.75) is 39.2 Å². The van der Waals surface area contributed by atoms with Gasteiger partial charge in [-0.05, 0) is 53.2 Å². The Hall–Kier alpha value is -1.03. The monoisotopic (exact) mass is 325 g/mol. The number of carbonyl (C=O) groups is 1. The van der Waals surface area contributed by atoms with Crippen LogP contribution in [0, 0.1) is 5.92 Å². The van der Waals surface area contributed by atoms with Gasteiger partial charge in [0.15, 0.2) is 0 Å². The smallest absolute Gasteiger partial charge is 0.338 e. The Morgan fingerprint density at radius 2 is 2.16 bits per heavy atom. The van der Waals surface area contributed by atoms with Crippen LogP contribution in [0.3, 0.4) is 0 Å². The zero-order chi connectivity index (χ0) is 14.0. The molecule has 0 radical (unpaired) electrons. The Bertz CT molecular complexity index is 469. The van der Waals surface area contributed by atoms with Gasteiger partial charge in [0.25, 0.3) is 0 Å². The average molecular weight is 326 g/mol. The molecule has 0 bridgehead atoms. The Morgan fingerprint density at radius 1 is 1.47 bits per heavy atom. The molecule has 19 heavy (non-hydrogen) atoms. The molecule has 0 aromatic heterocycles. The first-order valence-electron chi connectivity index (χ1n) is 6.79. The molecule has 1 fully saturated rings. The molecule has 0 saturated heterocycles. The number of nitrogens with zero attached hydrogens (tertiary/aromatic N) is 1. The van der Waals surface area contributed by atoms with Crippen molar-refractivity contribution >= 4 is 27.6 Å². The number of hydrogen-bond acceptors (Lipinski definition) is 2. The summed E-state index contributed by atoms with van der Waals surface area (Å²) in [6, 6.07) is 6.15. The van der Waals surface area contributed by atoms with Gasteiger partial charge in [0.2, 0.25) is 0 Å². The molecular weight excluding hydrogens is 306 g/mol. The van der Waals surface area contributed by atoms with Gasteiger partial charge in [0.1, 0.15) is 0 Å². The maximum atomic E-state index is 11.5. The molecule has 0 spiro atoms. The molecule has 1 saturated carbocycles. The lowest BCUT2D eigenvalue weighted by molar-refractivity contribution is 0.0696. The van der Waals surface area contributed by atoms with Crippen LogP contribution in [-0.2, 0) is 0 Å². The van der Waals surface area contributed by atoms with Crippen LogP contribution in [0.4, 0.5) is 5.69 Å². The first-order valence-corrected chi connectivity index (χ1v) is 7.58. The van der Waals surface area contributed by atoms with E-state index in [1.807, 2.05) is 12.1 Å². The van der Waals surface area contributed by atoms with Gasteiger partial charge in [-0.1, -0.05) is 19.9 Å². The van der Waals surface area contributed by atoms with Gasteiger partial charge in [-0.2, -0.15) is 0 Å². The molecular formula is C15H20BrNO2. The lowest BCUT2D eigenvalue weighted by Crippen LogP contribution is -2.29. The third-order valence-electron chi connectivity index (χ3n) is 3.45. The van der Waals surface area contributed by atoms with Crippen molar-refractivity contribution in [3.05, 3.63) is 28.2 Å². The summed E-state index contributed by atoms with van der Waals surface area (Å²) in [5.74, 6) is -0.237. The third kappa shape index (κ3) is 3.50. The van der Waals surface area contributed by atoms with Crippen LogP contribution in [0.25, 0.3) is 0 Å². The second-order valence-corrected chi connectivity index (χ2v) is 6.40. The topological polar surface area (TPSA) is 40.5 Å². The van der Waals surface area contributed by atoms with Gasteiger partial charge in [-0.15, -0.1) is 0 Å². The number of rotatable bonds is 6. The van der Waals surface area contributed by atoms with Gasteiger partial charge < -0.3 is 10.0 Å². The van der Waals surface area contributed by atoms with E-state index in [0.717, 1.165) is 18.7 Å². The molecule has 1 aliphatic carbocycles. The number of carboxylic acids is 1. The fourth-order valence-electron chi connectivity index (χ4n) is 2.25. The minimum absolute atomic E-state index is 0.387. The SMILES string of the molecule is CC(C)CCN(c1cccc(Br)c1C(=O)O)C1CC1. The van der Waals surface area contributed by atoms with Crippen molar-refractivity contribution in [1.82, 2.24) is 0 Å². The van der Waals surface area contributed by atoms with Crippen molar-refractivity contribution in [1.29, 1.82) is 0 Å². The van der Waals surface area contributed by atoms with Crippen molar-refractivity contribution in [2.75, 3.05) is 11.4 Å². The van der Waals surface area contributed by atoms with Gasteiger partial charge in [0, 0.05) is 17.1 Å². The number of benzene rings is 1. The first kappa shape index (κ1) is 14.4. The third-order valence-corrected chi connectivity index (χ3v) is 4.11. The van der Waals surface area contributed by atoms with E-state index in [2.05, 4.69) is 34.7 Å². The zero-order valence-corrected chi connectivity index (χ0v) is 13.0. The summed E-state index contributed by atoms with van der Waals surface area (Å²) in [6.07, 6.45) is 3.43. The van der Waals surface area contributed by atoms with Crippen molar-refractivity contribution < 1.29 is 9.90 Å². The van der Waals surface area contributed by atoms with Crippen LogP contribution in [0.2, 0.25) is 0 Å². The van der Waals surface area contributed by atoms with E-state index in [-0.39, 0.29) is 0 Å². The maximum absolute atomic E-state index is 11.5. The van der Waals surface area contributed by atoms with E-state index in [0.29, 0.717) is 22.0 Å². The van der Waals surface area contributed by atoms with Gasteiger partial charge in [-0.3, -0.25) is 0 Å². The minimum atomic E-state index is -0.863. The van der Waals surface area contributed by atoms with Crippen LogP contribution in [0.5, 0.6) is 0 Å². The van der Waals surface area contributed by atoms with E-state index in [1.165, 1.54) is 12.8 Å². The van der Waals surface area contributed by atoms with Gasteiger partial charge >= 0.3 is 5.97 Å². The summed E-state index contributed by atoms with van der Waals surface area (Å²) in [5, 5.41) is 9.42. The number of carboxylic acid groups (broad SMARTS) is 1. The summed E-state index contributed by atoms with van der Waals surface area (Å²) in [6.45, 7) is 5.33. The fraction of sp³-hybridized carbons (Fsp3) is 0.533. The highest BCUT2D eigenvalue weighted by molar-refractivity contribution is 9.10. The lowest BCUT2D eigenvalue weighted by atomic mass is 10.1. The molecule has 0 atom stereocenters. The summed E-state index contributed by atoms with van der Waals surface area (Å²) < 4.78 is 0.660. The number of halogens is 1. The Kier molecular flexibility index (Phi) is 4.50. The lowest BCUT2D eigenvalue weighted by Gasteiger charge is -2.27. The fourth-order valence-corrected chi connectivity index (χ4v) is 2.77. The molecule has 1 N–H and O–H groups in total. The summed E-state index contributed by atoms with van der Waals surface area (Å²) >= 11 is 3.36. The molecule has 1 aliphatic rings. The van der Waals surface area contributed by atoms with Gasteiger partial charge in [-0.25, -0.2) is 4.79 Å². The predicted molar refractivity (Wildman–Crippen MR) is 80.9 cm³/mol. The minimum Gasteiger partial charge on any atom is -0.478 e. The molecule has 2 rings (SSSR count). The largest absolute Gasteiger partial charge is 0.478 e. The molecule has 0 aliphatic heterocycles. The Labute approximate surface area is 122 Å². The molecule has 0 heterocycles. The normalized spacial score (nSPS) is 14.7. The first-order chi connectivity index (χ1) is 9.00. The van der Waals surface area contributed by atoms with Crippen molar-refractivity contribution in [3.63, 3.8) is 0 Å². The average Bonchev–Trinajstić information content (AvgIpc) is 3.12. The van der Waals surface area contributed by atoms with Gasteiger partial charge in [0.05, 0.1) is 11.3 Å². The molecule has 1 aromatic carbocycles. The second kappa shape index (κ2) is 5.95. The van der Waals surface area contributed by atoms with E-state index in [1.54, 1.807) is 6.07 Å². The second-order valence-electron chi connectivity index (χ2n) is 5.55. The van der Waals surface area contributed by atoms with Crippen molar-refractivity contribution in [2.24, 2.45) is 5.92 Å². The highest BCUT2D eigenvalue weighted by Crippen LogP contribution is 2.36. The number of hydrogen-bond donors (Lipinski definition) is 1.